The number of carboxylic acid groups (broad SMARTS) is 1. The van der Waals surface area contributed by atoms with Crippen LogP contribution in [0, 0.1) is 5.92 Å². The molecular weight excluding hydrogens is 402 g/mol. The summed E-state index contributed by atoms with van der Waals surface area (Å²) in [5, 5.41) is 14.0. The first-order valence-corrected chi connectivity index (χ1v) is 12.1. The van der Waals surface area contributed by atoms with E-state index in [0.29, 0.717) is 17.4 Å². The quantitative estimate of drug-likeness (QED) is 0.707. The predicted octanol–water partition coefficient (Wildman–Crippen LogP) is 5.12. The molecule has 0 bridgehead atoms. The number of rotatable bonds is 5. The number of carbonyl (C=O) groups excluding carboxylic acids is 1. The zero-order chi connectivity index (χ0) is 22.5. The summed E-state index contributed by atoms with van der Waals surface area (Å²) >= 11 is 0. The number of benzene rings is 1. The van der Waals surface area contributed by atoms with E-state index in [1.807, 2.05) is 16.8 Å². The molecule has 5 rings (SSSR count). The monoisotopic (exact) mass is 435 g/mol. The van der Waals surface area contributed by atoms with Crippen molar-refractivity contribution in [2.45, 2.75) is 82.6 Å². The molecule has 1 unspecified atom stereocenters. The summed E-state index contributed by atoms with van der Waals surface area (Å²) in [5.41, 5.74) is 3.27. The third kappa shape index (κ3) is 3.84. The van der Waals surface area contributed by atoms with Gasteiger partial charge in [0, 0.05) is 23.9 Å². The highest BCUT2D eigenvalue weighted by molar-refractivity contribution is 5.89. The second kappa shape index (κ2) is 8.05. The van der Waals surface area contributed by atoms with Crippen LogP contribution in [0.25, 0.3) is 5.69 Å². The van der Waals surface area contributed by atoms with Crippen LogP contribution in [0.4, 0.5) is 0 Å². The van der Waals surface area contributed by atoms with Gasteiger partial charge in [-0.2, -0.15) is 5.10 Å². The Hall–Kier alpha value is -2.63. The number of hydrogen-bond donors (Lipinski definition) is 1. The Balaban J connectivity index is 1.38. The van der Waals surface area contributed by atoms with Crippen molar-refractivity contribution in [2.24, 2.45) is 5.92 Å². The van der Waals surface area contributed by atoms with Crippen LogP contribution in [0.5, 0.6) is 0 Å². The molecule has 6 heteroatoms. The Bertz CT molecular complexity index is 1040. The molecule has 2 heterocycles. The van der Waals surface area contributed by atoms with E-state index in [-0.39, 0.29) is 17.4 Å². The number of aromatic carboxylic acids is 1. The Labute approximate surface area is 189 Å². The summed E-state index contributed by atoms with van der Waals surface area (Å²) in [4.78, 5) is 27.1. The molecule has 2 atom stereocenters. The van der Waals surface area contributed by atoms with Gasteiger partial charge in [0.05, 0.1) is 17.6 Å². The van der Waals surface area contributed by atoms with Gasteiger partial charge in [0.25, 0.3) is 0 Å². The normalized spacial score (nSPS) is 25.1. The Morgan fingerprint density at radius 2 is 1.91 bits per heavy atom. The molecule has 1 saturated heterocycles. The van der Waals surface area contributed by atoms with E-state index in [1.165, 1.54) is 11.8 Å². The highest BCUT2D eigenvalue weighted by Gasteiger charge is 2.40. The Morgan fingerprint density at radius 1 is 1.09 bits per heavy atom. The van der Waals surface area contributed by atoms with Crippen LogP contribution >= 0.6 is 0 Å². The lowest BCUT2D eigenvalue weighted by Crippen LogP contribution is -2.46. The molecule has 2 aliphatic carbocycles. The number of amides is 1. The van der Waals surface area contributed by atoms with Crippen LogP contribution < -0.4 is 0 Å². The molecule has 3 aliphatic rings. The summed E-state index contributed by atoms with van der Waals surface area (Å²) in [6.45, 7) is 5.26. The van der Waals surface area contributed by atoms with E-state index >= 15 is 0 Å². The third-order valence-corrected chi connectivity index (χ3v) is 7.78. The molecule has 6 nitrogen and oxygen atoms in total. The molecule has 1 N–H and O–H groups in total. The van der Waals surface area contributed by atoms with Crippen molar-refractivity contribution in [3.8, 4) is 5.69 Å². The van der Waals surface area contributed by atoms with Crippen molar-refractivity contribution in [2.75, 3.05) is 6.54 Å². The summed E-state index contributed by atoms with van der Waals surface area (Å²) in [6.07, 6.45) is 9.73. The second-order valence-electron chi connectivity index (χ2n) is 10.5. The fourth-order valence-electron chi connectivity index (χ4n) is 5.84. The summed E-state index contributed by atoms with van der Waals surface area (Å²) < 4.78 is 1.82. The fourth-order valence-corrected chi connectivity index (χ4v) is 5.84. The van der Waals surface area contributed by atoms with E-state index in [9.17, 15) is 14.7 Å². The smallest absolute Gasteiger partial charge is 0.339 e. The maximum Gasteiger partial charge on any atom is 0.339 e. The van der Waals surface area contributed by atoms with Crippen molar-refractivity contribution >= 4 is 11.9 Å². The molecule has 3 fully saturated rings. The molecule has 1 aromatic heterocycles. The zero-order valence-electron chi connectivity index (χ0n) is 19.1. The second-order valence-corrected chi connectivity index (χ2v) is 10.5. The van der Waals surface area contributed by atoms with Gasteiger partial charge in [-0.25, -0.2) is 9.48 Å². The van der Waals surface area contributed by atoms with E-state index < -0.39 is 5.97 Å². The van der Waals surface area contributed by atoms with Crippen molar-refractivity contribution in [3.05, 3.63) is 47.3 Å². The van der Waals surface area contributed by atoms with Crippen LogP contribution in [0.1, 0.15) is 98.7 Å². The minimum Gasteiger partial charge on any atom is -0.478 e. The lowest BCUT2D eigenvalue weighted by molar-refractivity contribution is -0.140. The molecule has 0 spiro atoms. The van der Waals surface area contributed by atoms with Crippen LogP contribution in [-0.4, -0.2) is 43.7 Å². The molecule has 32 heavy (non-hydrogen) atoms. The number of nitrogens with zero attached hydrogens (tertiary/aromatic N) is 3. The standard InChI is InChI=1S/C26H33N3O3/c1-26(2)12-5-13-28(26)24(30)20-8-3-6-18(14-20)19-7-4-9-21(15-19)29-23(17-10-11-17)22(16-27-29)25(31)32/h4,7,9,15-18,20H,3,5-6,8,10-14H2,1-2H3,(H,31,32)/t18-,20?/m1/s1. The lowest BCUT2D eigenvalue weighted by Gasteiger charge is -2.37. The highest BCUT2D eigenvalue weighted by atomic mass is 16.4. The van der Waals surface area contributed by atoms with Gasteiger partial charge >= 0.3 is 5.97 Å². The first kappa shape index (κ1) is 21.2. The van der Waals surface area contributed by atoms with E-state index in [2.05, 4.69) is 36.0 Å². The van der Waals surface area contributed by atoms with Crippen molar-refractivity contribution in [1.82, 2.24) is 14.7 Å². The third-order valence-electron chi connectivity index (χ3n) is 7.78. The van der Waals surface area contributed by atoms with Crippen LogP contribution in [-0.2, 0) is 4.79 Å². The van der Waals surface area contributed by atoms with Crippen LogP contribution in [0.15, 0.2) is 30.5 Å². The van der Waals surface area contributed by atoms with Crippen molar-refractivity contribution < 1.29 is 14.7 Å². The molecule has 1 amide bonds. The van der Waals surface area contributed by atoms with Gasteiger partial charge in [-0.3, -0.25) is 4.79 Å². The first-order chi connectivity index (χ1) is 15.3. The Kier molecular flexibility index (Phi) is 5.34. The predicted molar refractivity (Wildman–Crippen MR) is 122 cm³/mol. The Morgan fingerprint density at radius 3 is 2.59 bits per heavy atom. The largest absolute Gasteiger partial charge is 0.478 e. The minimum atomic E-state index is -0.909. The van der Waals surface area contributed by atoms with Gasteiger partial charge in [0.15, 0.2) is 0 Å². The number of carboxylic acids is 1. The topological polar surface area (TPSA) is 75.4 Å². The van der Waals surface area contributed by atoms with Gasteiger partial charge in [-0.05, 0) is 82.4 Å². The maximum absolute atomic E-state index is 13.3. The highest BCUT2D eigenvalue weighted by Crippen LogP contribution is 2.43. The first-order valence-electron chi connectivity index (χ1n) is 12.1. The molecular formula is C26H33N3O3. The van der Waals surface area contributed by atoms with Crippen molar-refractivity contribution in [1.29, 1.82) is 0 Å². The molecule has 0 radical (unpaired) electrons. The van der Waals surface area contributed by atoms with Crippen LogP contribution in [0.2, 0.25) is 0 Å². The molecule has 2 aromatic rings. The van der Waals surface area contributed by atoms with Gasteiger partial charge in [-0.15, -0.1) is 0 Å². The van der Waals surface area contributed by atoms with Gasteiger partial charge in [0.2, 0.25) is 5.91 Å². The lowest BCUT2D eigenvalue weighted by atomic mass is 9.77. The van der Waals surface area contributed by atoms with Gasteiger partial charge in [0.1, 0.15) is 5.56 Å². The molecule has 170 valence electrons. The summed E-state index contributed by atoms with van der Waals surface area (Å²) in [5.74, 6) is 0.158. The molecule has 2 saturated carbocycles. The molecule has 1 aliphatic heterocycles. The maximum atomic E-state index is 13.3. The number of likely N-dealkylation sites (tertiary alicyclic amines) is 1. The zero-order valence-corrected chi connectivity index (χ0v) is 19.1. The number of hydrogen-bond acceptors (Lipinski definition) is 3. The minimum absolute atomic E-state index is 0.0227. The SMILES string of the molecule is CC1(C)CCCN1C(=O)C1CCC[C@@H](c2cccc(-n3ncc(C(=O)O)c3C3CC3)c2)C1. The fraction of sp³-hybridized carbons (Fsp3) is 0.577. The molecule has 1 aromatic carbocycles. The van der Waals surface area contributed by atoms with E-state index in [0.717, 1.165) is 69.3 Å². The average molecular weight is 436 g/mol. The van der Waals surface area contributed by atoms with Gasteiger partial charge in [-0.1, -0.05) is 18.6 Å². The number of carbonyl (C=O) groups is 2. The van der Waals surface area contributed by atoms with E-state index in [1.54, 1.807) is 0 Å². The van der Waals surface area contributed by atoms with Crippen LogP contribution in [0.3, 0.4) is 0 Å². The number of aromatic nitrogens is 2. The van der Waals surface area contributed by atoms with E-state index in [4.69, 9.17) is 0 Å². The van der Waals surface area contributed by atoms with Gasteiger partial charge < -0.3 is 10.0 Å². The van der Waals surface area contributed by atoms with Crippen molar-refractivity contribution in [3.63, 3.8) is 0 Å². The summed E-state index contributed by atoms with van der Waals surface area (Å²) in [7, 11) is 0. The summed E-state index contributed by atoms with van der Waals surface area (Å²) in [6, 6.07) is 8.35. The average Bonchev–Trinajstić information content (AvgIpc) is 3.42.